The largest absolute Gasteiger partial charge is 0.491 e. The summed E-state index contributed by atoms with van der Waals surface area (Å²) in [5, 5.41) is 5.95. The van der Waals surface area contributed by atoms with E-state index in [2.05, 4.69) is 10.3 Å². The van der Waals surface area contributed by atoms with Gasteiger partial charge in [-0.3, -0.25) is 4.79 Å². The first-order valence-electron chi connectivity index (χ1n) is 9.67. The minimum absolute atomic E-state index is 0.111. The van der Waals surface area contributed by atoms with Gasteiger partial charge >= 0.3 is 0 Å². The Morgan fingerprint density at radius 1 is 1.14 bits per heavy atom. The van der Waals surface area contributed by atoms with Crippen LogP contribution < -0.4 is 14.8 Å². The Labute approximate surface area is 175 Å². The van der Waals surface area contributed by atoms with Crippen molar-refractivity contribution in [3.8, 4) is 11.5 Å². The molecule has 5 nitrogen and oxygen atoms in total. The van der Waals surface area contributed by atoms with Gasteiger partial charge in [-0.15, -0.1) is 11.3 Å². The smallest absolute Gasteiger partial charge is 0.251 e. The zero-order valence-corrected chi connectivity index (χ0v) is 17.8. The second kappa shape index (κ2) is 10.1. The molecule has 0 aliphatic carbocycles. The Bertz CT molecular complexity index is 935. The highest BCUT2D eigenvalue weighted by molar-refractivity contribution is 7.09. The SMILES string of the molecule is Cc1nc(COc2cccc(C(=O)NCCc3ccc(OC(C)C)cc3)c2)cs1. The van der Waals surface area contributed by atoms with Crippen molar-refractivity contribution in [1.29, 1.82) is 0 Å². The van der Waals surface area contributed by atoms with Gasteiger partial charge in [0.1, 0.15) is 18.1 Å². The number of benzene rings is 2. The molecule has 152 valence electrons. The van der Waals surface area contributed by atoms with Crippen molar-refractivity contribution in [2.45, 2.75) is 39.9 Å². The second-order valence-electron chi connectivity index (χ2n) is 6.99. The molecule has 0 saturated heterocycles. The summed E-state index contributed by atoms with van der Waals surface area (Å²) in [5.41, 5.74) is 2.63. The monoisotopic (exact) mass is 410 g/mol. The highest BCUT2D eigenvalue weighted by Crippen LogP contribution is 2.17. The fraction of sp³-hybridized carbons (Fsp3) is 0.304. The number of nitrogens with zero attached hydrogens (tertiary/aromatic N) is 1. The van der Waals surface area contributed by atoms with Crippen molar-refractivity contribution in [3.63, 3.8) is 0 Å². The van der Waals surface area contributed by atoms with Gasteiger partial charge in [-0.05, 0) is 63.1 Å². The van der Waals surface area contributed by atoms with Crippen molar-refractivity contribution in [2.75, 3.05) is 6.54 Å². The zero-order valence-electron chi connectivity index (χ0n) is 17.0. The van der Waals surface area contributed by atoms with Gasteiger partial charge in [0.05, 0.1) is 16.8 Å². The number of carbonyl (C=O) groups is 1. The summed E-state index contributed by atoms with van der Waals surface area (Å²) in [6, 6.07) is 15.2. The number of thiazole rings is 1. The van der Waals surface area contributed by atoms with Gasteiger partial charge in [0, 0.05) is 17.5 Å². The van der Waals surface area contributed by atoms with E-state index >= 15 is 0 Å². The first-order valence-corrected chi connectivity index (χ1v) is 10.6. The fourth-order valence-corrected chi connectivity index (χ4v) is 3.39. The zero-order chi connectivity index (χ0) is 20.6. The van der Waals surface area contributed by atoms with Crippen LogP contribution in [-0.4, -0.2) is 23.5 Å². The maximum atomic E-state index is 12.4. The number of hydrogen-bond acceptors (Lipinski definition) is 5. The molecule has 1 N–H and O–H groups in total. The summed E-state index contributed by atoms with van der Waals surface area (Å²) < 4.78 is 11.4. The molecule has 0 bridgehead atoms. The van der Waals surface area contributed by atoms with E-state index in [4.69, 9.17) is 9.47 Å². The lowest BCUT2D eigenvalue weighted by molar-refractivity contribution is 0.0953. The molecule has 0 unspecified atom stereocenters. The number of carbonyl (C=O) groups excluding carboxylic acids is 1. The van der Waals surface area contributed by atoms with Crippen molar-refractivity contribution in [1.82, 2.24) is 10.3 Å². The van der Waals surface area contributed by atoms with Crippen LogP contribution in [0.25, 0.3) is 0 Å². The van der Waals surface area contributed by atoms with Gasteiger partial charge in [0.25, 0.3) is 5.91 Å². The highest BCUT2D eigenvalue weighted by atomic mass is 32.1. The van der Waals surface area contributed by atoms with Crippen molar-refractivity contribution < 1.29 is 14.3 Å². The number of amides is 1. The van der Waals surface area contributed by atoms with Gasteiger partial charge in [0.15, 0.2) is 0 Å². The minimum atomic E-state index is -0.111. The molecule has 1 heterocycles. The van der Waals surface area contributed by atoms with E-state index in [9.17, 15) is 4.79 Å². The molecule has 0 fully saturated rings. The molecule has 29 heavy (non-hydrogen) atoms. The summed E-state index contributed by atoms with van der Waals surface area (Å²) in [6.07, 6.45) is 0.915. The van der Waals surface area contributed by atoms with Crippen LogP contribution in [0.15, 0.2) is 53.9 Å². The van der Waals surface area contributed by atoms with Gasteiger partial charge in [-0.25, -0.2) is 4.98 Å². The quantitative estimate of drug-likeness (QED) is 0.551. The predicted octanol–water partition coefficient (Wildman–Crippen LogP) is 4.79. The van der Waals surface area contributed by atoms with E-state index in [-0.39, 0.29) is 12.0 Å². The van der Waals surface area contributed by atoms with Gasteiger partial charge in [-0.2, -0.15) is 0 Å². The molecule has 3 rings (SSSR count). The third-order valence-corrected chi connectivity index (χ3v) is 4.97. The number of ether oxygens (including phenoxy) is 2. The van der Waals surface area contributed by atoms with Crippen LogP contribution in [0.5, 0.6) is 11.5 Å². The summed E-state index contributed by atoms with van der Waals surface area (Å²) in [7, 11) is 0. The lowest BCUT2D eigenvalue weighted by Gasteiger charge is -2.10. The minimum Gasteiger partial charge on any atom is -0.491 e. The topological polar surface area (TPSA) is 60.5 Å². The van der Waals surface area contributed by atoms with Crippen LogP contribution in [0.4, 0.5) is 0 Å². The number of rotatable bonds is 9. The Hall–Kier alpha value is -2.86. The molecule has 6 heteroatoms. The molecule has 0 aliphatic rings. The van der Waals surface area contributed by atoms with Crippen LogP contribution in [0, 0.1) is 6.92 Å². The van der Waals surface area contributed by atoms with Crippen LogP contribution in [0.3, 0.4) is 0 Å². The fourth-order valence-electron chi connectivity index (χ4n) is 2.79. The second-order valence-corrected chi connectivity index (χ2v) is 8.05. The lowest BCUT2D eigenvalue weighted by Crippen LogP contribution is -2.25. The lowest BCUT2D eigenvalue weighted by atomic mass is 10.1. The number of nitrogens with one attached hydrogen (secondary N) is 1. The maximum Gasteiger partial charge on any atom is 0.251 e. The molecule has 0 radical (unpaired) electrons. The van der Waals surface area contributed by atoms with E-state index < -0.39 is 0 Å². The molecule has 0 aliphatic heterocycles. The number of aryl methyl sites for hydroxylation is 1. The molecule has 3 aromatic rings. The van der Waals surface area contributed by atoms with Gasteiger partial charge in [-0.1, -0.05) is 18.2 Å². The summed E-state index contributed by atoms with van der Waals surface area (Å²) in [5.74, 6) is 1.40. The van der Waals surface area contributed by atoms with E-state index in [1.165, 1.54) is 0 Å². The average Bonchev–Trinajstić information content (AvgIpc) is 3.13. The molecule has 0 saturated carbocycles. The third-order valence-electron chi connectivity index (χ3n) is 4.14. The van der Waals surface area contributed by atoms with Crippen LogP contribution in [0.1, 0.15) is 40.5 Å². The molecule has 0 atom stereocenters. The van der Waals surface area contributed by atoms with Crippen LogP contribution >= 0.6 is 11.3 Å². The molecule has 1 aromatic heterocycles. The molecule has 0 spiro atoms. The first-order chi connectivity index (χ1) is 14.0. The van der Waals surface area contributed by atoms with E-state index in [1.54, 1.807) is 23.5 Å². The van der Waals surface area contributed by atoms with Crippen molar-refractivity contribution >= 4 is 17.2 Å². The van der Waals surface area contributed by atoms with Gasteiger partial charge in [0.2, 0.25) is 0 Å². The highest BCUT2D eigenvalue weighted by Gasteiger charge is 2.07. The van der Waals surface area contributed by atoms with E-state index in [0.29, 0.717) is 24.5 Å². The van der Waals surface area contributed by atoms with E-state index in [0.717, 1.165) is 28.4 Å². The van der Waals surface area contributed by atoms with E-state index in [1.807, 2.05) is 62.5 Å². The number of aromatic nitrogens is 1. The predicted molar refractivity (Wildman–Crippen MR) is 116 cm³/mol. The molecule has 1 amide bonds. The first kappa shape index (κ1) is 20.9. The Kier molecular flexibility index (Phi) is 7.25. The summed E-state index contributed by atoms with van der Waals surface area (Å²) in [6.45, 7) is 6.93. The molecular formula is C23H26N2O3S. The standard InChI is InChI=1S/C23H26N2O3S/c1-16(2)28-21-9-7-18(8-10-21)11-12-24-23(26)19-5-4-6-22(13-19)27-14-20-15-29-17(3)25-20/h4-10,13,15-16H,11-12,14H2,1-3H3,(H,24,26). The summed E-state index contributed by atoms with van der Waals surface area (Å²) in [4.78, 5) is 16.8. The van der Waals surface area contributed by atoms with Crippen LogP contribution in [-0.2, 0) is 13.0 Å². The number of hydrogen-bond donors (Lipinski definition) is 1. The van der Waals surface area contributed by atoms with Gasteiger partial charge < -0.3 is 14.8 Å². The van der Waals surface area contributed by atoms with Crippen molar-refractivity contribution in [2.24, 2.45) is 0 Å². The Morgan fingerprint density at radius 3 is 2.62 bits per heavy atom. The normalized spacial score (nSPS) is 10.8. The average molecular weight is 411 g/mol. The van der Waals surface area contributed by atoms with Crippen molar-refractivity contribution in [3.05, 3.63) is 75.7 Å². The molecule has 2 aromatic carbocycles. The maximum absolute atomic E-state index is 12.4. The Morgan fingerprint density at radius 2 is 1.93 bits per heavy atom. The molecular weight excluding hydrogens is 384 g/mol. The van der Waals surface area contributed by atoms with Crippen LogP contribution in [0.2, 0.25) is 0 Å². The Balaban J connectivity index is 1.47. The summed E-state index contributed by atoms with van der Waals surface area (Å²) >= 11 is 1.60. The third kappa shape index (κ3) is 6.61.